The Morgan fingerprint density at radius 2 is 1.57 bits per heavy atom. The van der Waals surface area contributed by atoms with E-state index in [1.807, 2.05) is 6.07 Å². The first kappa shape index (κ1) is 21.9. The molecule has 0 bridgehead atoms. The van der Waals surface area contributed by atoms with Gasteiger partial charge in [0.05, 0.1) is 11.4 Å². The predicted octanol–water partition coefficient (Wildman–Crippen LogP) is 7.18. The van der Waals surface area contributed by atoms with Gasteiger partial charge in [0.25, 0.3) is 0 Å². The predicted molar refractivity (Wildman–Crippen MR) is 149 cm³/mol. The van der Waals surface area contributed by atoms with E-state index in [1.54, 1.807) is 0 Å². The lowest BCUT2D eigenvalue weighted by molar-refractivity contribution is 0.647. The molecule has 3 aromatic carbocycles. The van der Waals surface area contributed by atoms with Gasteiger partial charge in [0.15, 0.2) is 0 Å². The molecular formula is C31H29N3S. The molecule has 0 aliphatic carbocycles. The third kappa shape index (κ3) is 3.98. The Morgan fingerprint density at radius 3 is 2.31 bits per heavy atom. The van der Waals surface area contributed by atoms with Gasteiger partial charge >= 0.3 is 0 Å². The summed E-state index contributed by atoms with van der Waals surface area (Å²) in [5.41, 5.74) is 11.3. The number of thiocarbonyl (C=S) groups is 1. The molecule has 35 heavy (non-hydrogen) atoms. The second kappa shape index (κ2) is 9.20. The maximum atomic E-state index is 6.10. The molecule has 3 heterocycles. The summed E-state index contributed by atoms with van der Waals surface area (Å²) < 4.78 is 4.88. The van der Waals surface area contributed by atoms with E-state index in [-0.39, 0.29) is 0 Å². The molecule has 0 spiro atoms. The highest BCUT2D eigenvalue weighted by Crippen LogP contribution is 2.39. The van der Waals surface area contributed by atoms with Gasteiger partial charge in [0.1, 0.15) is 10.6 Å². The van der Waals surface area contributed by atoms with Crippen molar-refractivity contribution in [1.29, 1.82) is 0 Å². The molecule has 5 aromatic rings. The van der Waals surface area contributed by atoms with E-state index in [2.05, 4.69) is 106 Å². The van der Waals surface area contributed by atoms with Crippen molar-refractivity contribution in [3.63, 3.8) is 0 Å². The Bertz CT molecular complexity index is 1490. The first-order valence-corrected chi connectivity index (χ1v) is 12.8. The molecule has 6 rings (SSSR count). The summed E-state index contributed by atoms with van der Waals surface area (Å²) >= 11 is 6.10. The maximum absolute atomic E-state index is 6.10. The molecule has 0 amide bonds. The van der Waals surface area contributed by atoms with Gasteiger partial charge in [-0.15, -0.1) is 0 Å². The largest absolute Gasteiger partial charge is 0.370 e. The van der Waals surface area contributed by atoms with Crippen molar-refractivity contribution in [2.75, 3.05) is 0 Å². The molecule has 174 valence electrons. The zero-order chi connectivity index (χ0) is 23.8. The summed E-state index contributed by atoms with van der Waals surface area (Å²) in [6.07, 6.45) is 5.72. The molecule has 1 N–H and O–H groups in total. The van der Waals surface area contributed by atoms with Crippen molar-refractivity contribution in [3.8, 4) is 22.4 Å². The standard InChI is InChI=1S/C31H29N3S/c1-22-15-17-24(18-16-22)27-21-34-29(30(35)32-20-23-10-4-2-5-11-23)28(25-12-6-3-7-13-25)26-14-8-9-19-33(27)31(26)34/h2-7,10-13,15-18,21H,8-9,14,19-20H2,1H3,(H,32,35). The number of nitrogens with zero attached hydrogens (tertiary/aromatic N) is 2. The van der Waals surface area contributed by atoms with Crippen LogP contribution in [0.1, 0.15) is 35.2 Å². The molecule has 4 heteroatoms. The Hall–Kier alpha value is -3.63. The first-order chi connectivity index (χ1) is 17.2. The summed E-state index contributed by atoms with van der Waals surface area (Å²) in [5, 5.41) is 3.57. The number of hydrogen-bond donors (Lipinski definition) is 1. The van der Waals surface area contributed by atoms with Crippen LogP contribution in [-0.4, -0.2) is 14.0 Å². The average molecular weight is 476 g/mol. The zero-order valence-corrected chi connectivity index (χ0v) is 20.8. The van der Waals surface area contributed by atoms with Gasteiger partial charge in [-0.1, -0.05) is 103 Å². The maximum Gasteiger partial charge on any atom is 0.124 e. The topological polar surface area (TPSA) is 21.4 Å². The van der Waals surface area contributed by atoms with Gasteiger partial charge < -0.3 is 9.88 Å². The number of benzene rings is 3. The lowest BCUT2D eigenvalue weighted by Gasteiger charge is -2.12. The SMILES string of the molecule is Cc1ccc(-c2cn3c(C(=S)NCc4ccccc4)c(-c4ccccc4)c4c3n2CCCC4)cc1. The average Bonchev–Trinajstić information content (AvgIpc) is 3.32. The zero-order valence-electron chi connectivity index (χ0n) is 20.0. The van der Waals surface area contributed by atoms with Crippen LogP contribution < -0.4 is 5.32 Å². The highest BCUT2D eigenvalue weighted by Gasteiger charge is 2.28. The fourth-order valence-corrected chi connectivity index (χ4v) is 5.61. The van der Waals surface area contributed by atoms with Crippen molar-refractivity contribution in [2.24, 2.45) is 0 Å². The number of nitrogens with one attached hydrogen (secondary N) is 1. The van der Waals surface area contributed by atoms with E-state index in [0.29, 0.717) is 6.54 Å². The normalized spacial score (nSPS) is 13.1. The van der Waals surface area contributed by atoms with Crippen LogP contribution in [0.25, 0.3) is 28.0 Å². The van der Waals surface area contributed by atoms with Crippen LogP contribution >= 0.6 is 12.2 Å². The van der Waals surface area contributed by atoms with Gasteiger partial charge in [-0.05, 0) is 42.9 Å². The van der Waals surface area contributed by atoms with E-state index in [4.69, 9.17) is 12.2 Å². The Balaban J connectivity index is 1.55. The molecule has 1 aliphatic rings. The van der Waals surface area contributed by atoms with Gasteiger partial charge in [-0.3, -0.25) is 4.40 Å². The molecule has 1 aliphatic heterocycles. The molecule has 0 atom stereocenters. The lowest BCUT2D eigenvalue weighted by atomic mass is 9.98. The molecule has 0 saturated carbocycles. The van der Waals surface area contributed by atoms with E-state index >= 15 is 0 Å². The summed E-state index contributed by atoms with van der Waals surface area (Å²) in [6.45, 7) is 3.87. The van der Waals surface area contributed by atoms with Crippen LogP contribution in [0.15, 0.2) is 91.1 Å². The van der Waals surface area contributed by atoms with Crippen LogP contribution in [-0.2, 0) is 19.5 Å². The second-order valence-electron chi connectivity index (χ2n) is 9.42. The Kier molecular flexibility index (Phi) is 5.75. The summed E-state index contributed by atoms with van der Waals surface area (Å²) in [4.78, 5) is 0.794. The summed E-state index contributed by atoms with van der Waals surface area (Å²) in [5.74, 6) is 0. The van der Waals surface area contributed by atoms with Crippen LogP contribution in [0.5, 0.6) is 0 Å². The van der Waals surface area contributed by atoms with Crippen LogP contribution in [0, 0.1) is 6.92 Å². The number of aromatic nitrogens is 2. The summed E-state index contributed by atoms with van der Waals surface area (Å²) in [7, 11) is 0. The van der Waals surface area contributed by atoms with Crippen molar-refractivity contribution >= 4 is 22.9 Å². The Labute approximate surface area is 212 Å². The monoisotopic (exact) mass is 475 g/mol. The van der Waals surface area contributed by atoms with Crippen molar-refractivity contribution in [2.45, 2.75) is 39.3 Å². The minimum Gasteiger partial charge on any atom is -0.370 e. The molecule has 3 nitrogen and oxygen atoms in total. The van der Waals surface area contributed by atoms with E-state index in [0.717, 1.165) is 23.6 Å². The fraction of sp³-hybridized carbons (Fsp3) is 0.194. The first-order valence-electron chi connectivity index (χ1n) is 12.4. The molecule has 2 aromatic heterocycles. The molecule has 0 unspecified atom stereocenters. The number of hydrogen-bond acceptors (Lipinski definition) is 1. The fourth-order valence-electron chi connectivity index (χ4n) is 5.34. The smallest absolute Gasteiger partial charge is 0.124 e. The van der Waals surface area contributed by atoms with Gasteiger partial charge in [-0.25, -0.2) is 0 Å². The highest BCUT2D eigenvalue weighted by atomic mass is 32.1. The minimum atomic E-state index is 0.710. The molecule has 0 fully saturated rings. The van der Waals surface area contributed by atoms with Crippen LogP contribution in [0.3, 0.4) is 0 Å². The van der Waals surface area contributed by atoms with Gasteiger partial charge in [0.2, 0.25) is 0 Å². The van der Waals surface area contributed by atoms with E-state index in [9.17, 15) is 0 Å². The van der Waals surface area contributed by atoms with Crippen molar-refractivity contribution in [1.82, 2.24) is 14.3 Å². The second-order valence-corrected chi connectivity index (χ2v) is 9.83. The quantitative estimate of drug-likeness (QED) is 0.272. The number of rotatable bonds is 5. The molecule has 0 radical (unpaired) electrons. The van der Waals surface area contributed by atoms with Crippen LogP contribution in [0.4, 0.5) is 0 Å². The molecular weight excluding hydrogens is 446 g/mol. The third-order valence-electron chi connectivity index (χ3n) is 7.05. The summed E-state index contributed by atoms with van der Waals surface area (Å²) in [6, 6.07) is 30.1. The van der Waals surface area contributed by atoms with Gasteiger partial charge in [0, 0.05) is 30.4 Å². The van der Waals surface area contributed by atoms with Gasteiger partial charge in [-0.2, -0.15) is 0 Å². The number of imidazole rings is 1. The van der Waals surface area contributed by atoms with E-state index in [1.165, 1.54) is 57.6 Å². The Morgan fingerprint density at radius 1 is 0.857 bits per heavy atom. The van der Waals surface area contributed by atoms with Crippen LogP contribution in [0.2, 0.25) is 0 Å². The number of aryl methyl sites for hydroxylation is 3. The third-order valence-corrected chi connectivity index (χ3v) is 7.39. The highest BCUT2D eigenvalue weighted by molar-refractivity contribution is 7.80. The minimum absolute atomic E-state index is 0.710. The lowest BCUT2D eigenvalue weighted by Crippen LogP contribution is -2.23. The van der Waals surface area contributed by atoms with E-state index < -0.39 is 0 Å². The molecule has 0 saturated heterocycles. The van der Waals surface area contributed by atoms with Crippen molar-refractivity contribution in [3.05, 3.63) is 114 Å². The van der Waals surface area contributed by atoms with Crippen molar-refractivity contribution < 1.29 is 0 Å².